The Morgan fingerprint density at radius 1 is 1.19 bits per heavy atom. The van der Waals surface area contributed by atoms with E-state index in [4.69, 9.17) is 5.73 Å². The summed E-state index contributed by atoms with van der Waals surface area (Å²) < 4.78 is 4.19. The van der Waals surface area contributed by atoms with Crippen molar-refractivity contribution in [3.63, 3.8) is 0 Å². The number of anilines is 1. The molecule has 0 saturated heterocycles. The molecule has 21 heavy (non-hydrogen) atoms. The Morgan fingerprint density at radius 2 is 1.90 bits per heavy atom. The molecule has 2 aromatic heterocycles. The molecule has 0 aromatic carbocycles. The largest absolute Gasteiger partial charge is 0.369 e. The van der Waals surface area contributed by atoms with Gasteiger partial charge in [-0.25, -0.2) is 4.98 Å². The van der Waals surface area contributed by atoms with Gasteiger partial charge < -0.3 is 5.73 Å². The Kier molecular flexibility index (Phi) is 3.91. The van der Waals surface area contributed by atoms with Crippen molar-refractivity contribution in [3.05, 3.63) is 5.69 Å². The summed E-state index contributed by atoms with van der Waals surface area (Å²) in [5.74, 6) is 1.57. The molecule has 1 saturated carbocycles. The van der Waals surface area contributed by atoms with E-state index < -0.39 is 0 Å². The molecule has 0 atom stereocenters. The molecule has 0 amide bonds. The Morgan fingerprint density at radius 3 is 2.52 bits per heavy atom. The lowest BCUT2D eigenvalue weighted by molar-refractivity contribution is 0.266. The highest BCUT2D eigenvalue weighted by atomic mass is 15.4. The minimum atomic E-state index is 0.489. The van der Waals surface area contributed by atoms with Crippen LogP contribution in [0.25, 0.3) is 11.2 Å². The zero-order chi connectivity index (χ0) is 15.0. The second-order valence-corrected chi connectivity index (χ2v) is 6.40. The van der Waals surface area contributed by atoms with Gasteiger partial charge in [0.1, 0.15) is 5.52 Å². The van der Waals surface area contributed by atoms with Gasteiger partial charge in [0.15, 0.2) is 5.65 Å². The highest BCUT2D eigenvalue weighted by Crippen LogP contribution is 2.37. The molecule has 2 heterocycles. The predicted octanol–water partition coefficient (Wildman–Crippen LogP) is 3.45. The number of aromatic nitrogens is 4. The molecule has 1 aliphatic carbocycles. The van der Waals surface area contributed by atoms with E-state index in [1.807, 2.05) is 11.7 Å². The average molecular weight is 289 g/mol. The molecule has 116 valence electrons. The number of aryl methyl sites for hydroxylation is 2. The number of fused-ring (bicyclic) bond motifs is 1. The summed E-state index contributed by atoms with van der Waals surface area (Å²) in [5.41, 5.74) is 9.37. The van der Waals surface area contributed by atoms with Gasteiger partial charge in [-0.05, 0) is 38.0 Å². The molecule has 0 spiro atoms. The summed E-state index contributed by atoms with van der Waals surface area (Å²) in [6.07, 6.45) is 8.63. The SMILES string of the molecule is CCCC1CCC(n2c(N)nc3c(CC)nn(C)c32)CC1. The summed E-state index contributed by atoms with van der Waals surface area (Å²) in [7, 11) is 2.00. The molecule has 3 rings (SSSR count). The van der Waals surface area contributed by atoms with Gasteiger partial charge in [-0.1, -0.05) is 26.7 Å². The molecule has 0 bridgehead atoms. The molecule has 0 radical (unpaired) electrons. The summed E-state index contributed by atoms with van der Waals surface area (Å²) >= 11 is 0. The molecule has 1 fully saturated rings. The van der Waals surface area contributed by atoms with Crippen LogP contribution in [0.3, 0.4) is 0 Å². The van der Waals surface area contributed by atoms with E-state index in [1.54, 1.807) is 0 Å². The van der Waals surface area contributed by atoms with E-state index in [0.29, 0.717) is 12.0 Å². The lowest BCUT2D eigenvalue weighted by Gasteiger charge is -2.30. The topological polar surface area (TPSA) is 61.7 Å². The summed E-state index contributed by atoms with van der Waals surface area (Å²) in [4.78, 5) is 4.59. The summed E-state index contributed by atoms with van der Waals surface area (Å²) in [6.45, 7) is 4.40. The lowest BCUT2D eigenvalue weighted by atomic mass is 9.83. The Hall–Kier alpha value is -1.52. The second kappa shape index (κ2) is 5.70. The fourth-order valence-corrected chi connectivity index (χ4v) is 3.92. The first-order valence-electron chi connectivity index (χ1n) is 8.34. The van der Waals surface area contributed by atoms with Crippen molar-refractivity contribution in [2.75, 3.05) is 5.73 Å². The van der Waals surface area contributed by atoms with Crippen molar-refractivity contribution in [3.8, 4) is 0 Å². The average Bonchev–Trinajstić information content (AvgIpc) is 2.97. The van der Waals surface area contributed by atoms with E-state index >= 15 is 0 Å². The van der Waals surface area contributed by atoms with Gasteiger partial charge in [0, 0.05) is 13.1 Å². The summed E-state index contributed by atoms with van der Waals surface area (Å²) in [5, 5.41) is 4.59. The third kappa shape index (κ3) is 2.43. The van der Waals surface area contributed by atoms with Crippen LogP contribution in [0.4, 0.5) is 5.95 Å². The van der Waals surface area contributed by atoms with Gasteiger partial charge in [-0.2, -0.15) is 5.10 Å². The monoisotopic (exact) mass is 289 g/mol. The van der Waals surface area contributed by atoms with Crippen LogP contribution in [0.5, 0.6) is 0 Å². The standard InChI is InChI=1S/C16H27N5/c1-4-6-11-7-9-12(10-8-11)21-15-14(18-16(21)17)13(5-2)19-20(15)3/h11-12H,4-10H2,1-3H3,(H2,17,18). The first-order valence-corrected chi connectivity index (χ1v) is 8.34. The van der Waals surface area contributed by atoms with E-state index in [-0.39, 0.29) is 0 Å². The van der Waals surface area contributed by atoms with Crippen molar-refractivity contribution < 1.29 is 0 Å². The van der Waals surface area contributed by atoms with Crippen LogP contribution in [0.2, 0.25) is 0 Å². The number of rotatable bonds is 4. The Labute approximate surface area is 126 Å². The predicted molar refractivity (Wildman–Crippen MR) is 86.2 cm³/mol. The fourth-order valence-electron chi connectivity index (χ4n) is 3.92. The molecule has 2 aromatic rings. The molecule has 0 unspecified atom stereocenters. The van der Waals surface area contributed by atoms with Gasteiger partial charge in [-0.3, -0.25) is 9.25 Å². The number of hydrogen-bond acceptors (Lipinski definition) is 3. The smallest absolute Gasteiger partial charge is 0.202 e. The van der Waals surface area contributed by atoms with Gasteiger partial charge >= 0.3 is 0 Å². The fraction of sp³-hybridized carbons (Fsp3) is 0.750. The van der Waals surface area contributed by atoms with Gasteiger partial charge in [0.05, 0.1) is 5.69 Å². The Bertz CT molecular complexity index is 616. The number of nitrogens with two attached hydrogens (primary N) is 1. The van der Waals surface area contributed by atoms with Crippen LogP contribution in [-0.4, -0.2) is 19.3 Å². The minimum Gasteiger partial charge on any atom is -0.369 e. The van der Waals surface area contributed by atoms with Gasteiger partial charge in [-0.15, -0.1) is 0 Å². The quantitative estimate of drug-likeness (QED) is 0.937. The number of hydrogen-bond donors (Lipinski definition) is 1. The maximum absolute atomic E-state index is 6.23. The minimum absolute atomic E-state index is 0.489. The van der Waals surface area contributed by atoms with Gasteiger partial charge in [0.25, 0.3) is 0 Å². The van der Waals surface area contributed by atoms with E-state index in [2.05, 4.69) is 28.5 Å². The van der Waals surface area contributed by atoms with Crippen molar-refractivity contribution in [1.82, 2.24) is 19.3 Å². The molecular weight excluding hydrogens is 262 g/mol. The molecule has 5 nitrogen and oxygen atoms in total. The third-order valence-corrected chi connectivity index (χ3v) is 4.98. The summed E-state index contributed by atoms with van der Waals surface area (Å²) in [6, 6.07) is 0.489. The molecule has 5 heteroatoms. The first kappa shape index (κ1) is 14.4. The first-order chi connectivity index (χ1) is 10.2. The van der Waals surface area contributed by atoms with Crippen LogP contribution in [0.1, 0.15) is 64.1 Å². The van der Waals surface area contributed by atoms with E-state index in [9.17, 15) is 0 Å². The molecule has 1 aliphatic rings. The van der Waals surface area contributed by atoms with Gasteiger partial charge in [0.2, 0.25) is 5.95 Å². The van der Waals surface area contributed by atoms with Crippen molar-refractivity contribution in [2.24, 2.45) is 13.0 Å². The number of nitrogens with zero attached hydrogens (tertiary/aromatic N) is 4. The zero-order valence-corrected chi connectivity index (χ0v) is 13.5. The molecule has 0 aliphatic heterocycles. The highest BCUT2D eigenvalue weighted by molar-refractivity contribution is 5.78. The Balaban J connectivity index is 1.91. The highest BCUT2D eigenvalue weighted by Gasteiger charge is 2.27. The van der Waals surface area contributed by atoms with Crippen molar-refractivity contribution >= 4 is 17.1 Å². The lowest BCUT2D eigenvalue weighted by Crippen LogP contribution is -2.20. The van der Waals surface area contributed by atoms with Crippen LogP contribution in [0.15, 0.2) is 0 Å². The number of nitrogen functional groups attached to an aromatic ring is 1. The zero-order valence-electron chi connectivity index (χ0n) is 13.5. The van der Waals surface area contributed by atoms with Crippen LogP contribution < -0.4 is 5.73 Å². The second-order valence-electron chi connectivity index (χ2n) is 6.40. The molecule has 2 N–H and O–H groups in total. The number of imidazole rings is 1. The van der Waals surface area contributed by atoms with Crippen LogP contribution >= 0.6 is 0 Å². The normalized spacial score (nSPS) is 23.0. The maximum Gasteiger partial charge on any atom is 0.202 e. The van der Waals surface area contributed by atoms with Crippen molar-refractivity contribution in [1.29, 1.82) is 0 Å². The third-order valence-electron chi connectivity index (χ3n) is 4.98. The van der Waals surface area contributed by atoms with E-state index in [1.165, 1.54) is 38.5 Å². The van der Waals surface area contributed by atoms with Crippen LogP contribution in [-0.2, 0) is 13.5 Å². The van der Waals surface area contributed by atoms with Crippen molar-refractivity contribution in [2.45, 2.75) is 64.8 Å². The van der Waals surface area contributed by atoms with Crippen LogP contribution in [0, 0.1) is 5.92 Å². The molecular formula is C16H27N5. The maximum atomic E-state index is 6.23. The van der Waals surface area contributed by atoms with E-state index in [0.717, 1.165) is 29.2 Å².